The second-order valence-corrected chi connectivity index (χ2v) is 6.63. The summed E-state index contributed by atoms with van der Waals surface area (Å²) in [6.45, 7) is 2.65. The fourth-order valence-electron chi connectivity index (χ4n) is 3.31. The SMILES string of the molecule is c1ccc(NC(=NCc2cccnc2-n2ccnc2)N2CCCCC2)cc1. The first-order valence-electron chi connectivity index (χ1n) is 9.44. The Morgan fingerprint density at radius 3 is 2.63 bits per heavy atom. The monoisotopic (exact) mass is 360 g/mol. The van der Waals surface area contributed by atoms with Crippen LogP contribution in [0.5, 0.6) is 0 Å². The van der Waals surface area contributed by atoms with Crippen LogP contribution in [0.4, 0.5) is 5.69 Å². The van der Waals surface area contributed by atoms with Gasteiger partial charge < -0.3 is 10.2 Å². The Bertz CT molecular complexity index is 867. The summed E-state index contributed by atoms with van der Waals surface area (Å²) < 4.78 is 1.93. The number of hydrogen-bond acceptors (Lipinski definition) is 3. The van der Waals surface area contributed by atoms with Gasteiger partial charge in [0.2, 0.25) is 0 Å². The van der Waals surface area contributed by atoms with E-state index in [4.69, 9.17) is 4.99 Å². The minimum Gasteiger partial charge on any atom is -0.343 e. The molecule has 0 saturated carbocycles. The molecule has 1 N–H and O–H groups in total. The first kappa shape index (κ1) is 17.3. The van der Waals surface area contributed by atoms with Crippen molar-refractivity contribution in [3.63, 3.8) is 0 Å². The number of rotatable bonds is 4. The third kappa shape index (κ3) is 4.34. The number of anilines is 1. The van der Waals surface area contributed by atoms with Crippen molar-refractivity contribution in [3.05, 3.63) is 72.9 Å². The lowest BCUT2D eigenvalue weighted by Gasteiger charge is -2.30. The van der Waals surface area contributed by atoms with Crippen molar-refractivity contribution in [3.8, 4) is 5.82 Å². The second kappa shape index (κ2) is 8.49. The Kier molecular flexibility index (Phi) is 5.43. The normalized spacial score (nSPS) is 15.0. The maximum Gasteiger partial charge on any atom is 0.198 e. The number of para-hydroxylation sites is 1. The zero-order valence-electron chi connectivity index (χ0n) is 15.3. The Labute approximate surface area is 159 Å². The highest BCUT2D eigenvalue weighted by Crippen LogP contribution is 2.16. The molecule has 1 fully saturated rings. The van der Waals surface area contributed by atoms with Crippen LogP contribution in [-0.2, 0) is 6.54 Å². The van der Waals surface area contributed by atoms with Crippen molar-refractivity contribution in [2.75, 3.05) is 18.4 Å². The average molecular weight is 360 g/mol. The molecular weight excluding hydrogens is 336 g/mol. The number of likely N-dealkylation sites (tertiary alicyclic amines) is 1. The predicted octanol–water partition coefficient (Wildman–Crippen LogP) is 3.72. The summed E-state index contributed by atoms with van der Waals surface area (Å²) in [6.07, 6.45) is 11.0. The van der Waals surface area contributed by atoms with Gasteiger partial charge in [-0.3, -0.25) is 4.57 Å². The van der Waals surface area contributed by atoms with Crippen LogP contribution in [0.15, 0.2) is 72.4 Å². The number of nitrogens with one attached hydrogen (secondary N) is 1. The molecule has 0 amide bonds. The molecule has 4 rings (SSSR count). The van der Waals surface area contributed by atoms with Crippen molar-refractivity contribution in [1.29, 1.82) is 0 Å². The van der Waals surface area contributed by atoms with E-state index in [-0.39, 0.29) is 0 Å². The molecule has 0 aliphatic carbocycles. The first-order valence-corrected chi connectivity index (χ1v) is 9.44. The van der Waals surface area contributed by atoms with E-state index >= 15 is 0 Å². The second-order valence-electron chi connectivity index (χ2n) is 6.63. The zero-order valence-corrected chi connectivity index (χ0v) is 15.3. The average Bonchev–Trinajstić information content (AvgIpc) is 3.27. The van der Waals surface area contributed by atoms with E-state index in [1.165, 1.54) is 19.3 Å². The zero-order chi connectivity index (χ0) is 18.3. The van der Waals surface area contributed by atoms with Gasteiger partial charge in [-0.15, -0.1) is 0 Å². The van der Waals surface area contributed by atoms with Crippen LogP contribution in [-0.4, -0.2) is 38.5 Å². The van der Waals surface area contributed by atoms with E-state index in [0.717, 1.165) is 36.1 Å². The number of imidazole rings is 1. The first-order chi connectivity index (χ1) is 13.4. The largest absolute Gasteiger partial charge is 0.343 e. The molecule has 0 spiro atoms. The highest BCUT2D eigenvalue weighted by Gasteiger charge is 2.15. The van der Waals surface area contributed by atoms with Gasteiger partial charge in [0, 0.05) is 42.9 Å². The van der Waals surface area contributed by atoms with Crippen molar-refractivity contribution >= 4 is 11.6 Å². The van der Waals surface area contributed by atoms with Gasteiger partial charge in [-0.1, -0.05) is 24.3 Å². The Hall–Kier alpha value is -3.15. The molecular formula is C21H24N6. The van der Waals surface area contributed by atoms with Crippen LogP contribution in [0.25, 0.3) is 5.82 Å². The van der Waals surface area contributed by atoms with Crippen molar-refractivity contribution in [2.24, 2.45) is 4.99 Å². The molecule has 1 aliphatic rings. The molecule has 0 bridgehead atoms. The Morgan fingerprint density at radius 2 is 1.85 bits per heavy atom. The highest BCUT2D eigenvalue weighted by atomic mass is 15.3. The fourth-order valence-corrected chi connectivity index (χ4v) is 3.31. The van der Waals surface area contributed by atoms with E-state index < -0.39 is 0 Å². The standard InChI is InChI=1S/C21H24N6/c1-3-9-19(10-4-1)25-21(26-13-5-2-6-14-26)24-16-18-8-7-11-23-20(18)27-15-12-22-17-27/h1,3-4,7-12,15,17H,2,5-6,13-14,16H2,(H,24,25). The number of hydrogen-bond donors (Lipinski definition) is 1. The summed E-state index contributed by atoms with van der Waals surface area (Å²) in [4.78, 5) is 15.9. The van der Waals surface area contributed by atoms with Crippen molar-refractivity contribution in [1.82, 2.24) is 19.4 Å². The summed E-state index contributed by atoms with van der Waals surface area (Å²) in [5.41, 5.74) is 2.13. The molecule has 0 radical (unpaired) electrons. The minimum atomic E-state index is 0.563. The maximum atomic E-state index is 4.94. The molecule has 138 valence electrons. The molecule has 1 aliphatic heterocycles. The smallest absolute Gasteiger partial charge is 0.198 e. The number of guanidine groups is 1. The van der Waals surface area contributed by atoms with Crippen LogP contribution in [0.3, 0.4) is 0 Å². The van der Waals surface area contributed by atoms with E-state index in [1.54, 1.807) is 18.7 Å². The maximum absolute atomic E-state index is 4.94. The van der Waals surface area contributed by atoms with Gasteiger partial charge in [-0.05, 0) is 37.5 Å². The fraction of sp³-hybridized carbons (Fsp3) is 0.286. The Morgan fingerprint density at radius 1 is 1.00 bits per heavy atom. The molecule has 1 aromatic carbocycles. The number of pyridine rings is 1. The van der Waals surface area contributed by atoms with Crippen LogP contribution in [0.1, 0.15) is 24.8 Å². The van der Waals surface area contributed by atoms with Crippen molar-refractivity contribution < 1.29 is 0 Å². The van der Waals surface area contributed by atoms with Gasteiger partial charge in [0.15, 0.2) is 5.96 Å². The lowest BCUT2D eigenvalue weighted by atomic mass is 10.1. The summed E-state index contributed by atoms with van der Waals surface area (Å²) in [5.74, 6) is 1.80. The van der Waals surface area contributed by atoms with E-state index in [0.29, 0.717) is 6.54 Å². The summed E-state index contributed by atoms with van der Waals surface area (Å²) in [7, 11) is 0. The summed E-state index contributed by atoms with van der Waals surface area (Å²) in [5, 5.41) is 3.51. The van der Waals surface area contributed by atoms with Gasteiger partial charge >= 0.3 is 0 Å². The van der Waals surface area contributed by atoms with Gasteiger partial charge in [0.1, 0.15) is 12.1 Å². The van der Waals surface area contributed by atoms with Gasteiger partial charge in [-0.2, -0.15) is 0 Å². The van der Waals surface area contributed by atoms with Crippen LogP contribution >= 0.6 is 0 Å². The van der Waals surface area contributed by atoms with Gasteiger partial charge in [0.25, 0.3) is 0 Å². The number of aromatic nitrogens is 3. The van der Waals surface area contributed by atoms with Crippen LogP contribution < -0.4 is 5.32 Å². The molecule has 6 nitrogen and oxygen atoms in total. The summed E-state index contributed by atoms with van der Waals surface area (Å²) >= 11 is 0. The van der Waals surface area contributed by atoms with Gasteiger partial charge in [0.05, 0.1) is 6.54 Å². The quantitative estimate of drug-likeness (QED) is 0.569. The third-order valence-electron chi connectivity index (χ3n) is 4.70. The topological polar surface area (TPSA) is 58.3 Å². The van der Waals surface area contributed by atoms with Crippen molar-refractivity contribution in [2.45, 2.75) is 25.8 Å². The molecule has 27 heavy (non-hydrogen) atoms. The van der Waals surface area contributed by atoms with E-state index in [1.807, 2.05) is 35.0 Å². The molecule has 0 unspecified atom stereocenters. The third-order valence-corrected chi connectivity index (χ3v) is 4.70. The summed E-state index contributed by atoms with van der Waals surface area (Å²) in [6, 6.07) is 14.3. The molecule has 2 aromatic heterocycles. The number of benzene rings is 1. The van der Waals surface area contributed by atoms with E-state index in [9.17, 15) is 0 Å². The lowest BCUT2D eigenvalue weighted by molar-refractivity contribution is 0.340. The number of aliphatic imine (C=N–C) groups is 1. The van der Waals surface area contributed by atoms with Crippen LogP contribution in [0, 0.1) is 0 Å². The Balaban J connectivity index is 1.59. The molecule has 6 heteroatoms. The van der Waals surface area contributed by atoms with E-state index in [2.05, 4.69) is 38.4 Å². The molecule has 0 atom stereocenters. The molecule has 3 aromatic rings. The predicted molar refractivity (Wildman–Crippen MR) is 108 cm³/mol. The molecule has 3 heterocycles. The lowest BCUT2D eigenvalue weighted by Crippen LogP contribution is -2.40. The highest BCUT2D eigenvalue weighted by molar-refractivity contribution is 5.93. The molecule has 1 saturated heterocycles. The van der Waals surface area contributed by atoms with Crippen LogP contribution in [0.2, 0.25) is 0 Å². The van der Waals surface area contributed by atoms with Gasteiger partial charge in [-0.25, -0.2) is 15.0 Å². The number of nitrogens with zero attached hydrogens (tertiary/aromatic N) is 5. The number of piperidine rings is 1. The minimum absolute atomic E-state index is 0.563.